The molecule has 0 saturated heterocycles. The lowest BCUT2D eigenvalue weighted by atomic mass is 9.94. The predicted octanol–water partition coefficient (Wildman–Crippen LogP) is 0.801. The lowest BCUT2D eigenvalue weighted by Gasteiger charge is -2.22. The normalized spacial score (nSPS) is 19.1. The van der Waals surface area contributed by atoms with Crippen LogP contribution < -0.4 is 11.1 Å². The number of ether oxygens (including phenoxy) is 1. The molecule has 1 aliphatic carbocycles. The van der Waals surface area contributed by atoms with Gasteiger partial charge in [-0.15, -0.1) is 0 Å². The Hall–Kier alpha value is -0.610. The Morgan fingerprint density at radius 3 is 2.73 bits per heavy atom. The van der Waals surface area contributed by atoms with E-state index in [9.17, 15) is 4.79 Å². The molecule has 1 saturated carbocycles. The van der Waals surface area contributed by atoms with Crippen LogP contribution in [0.1, 0.15) is 38.5 Å². The van der Waals surface area contributed by atoms with Gasteiger partial charge in [0.25, 0.3) is 0 Å². The molecule has 0 aromatic rings. The second kappa shape index (κ2) is 6.08. The van der Waals surface area contributed by atoms with Crippen LogP contribution >= 0.6 is 0 Å². The average molecular weight is 214 g/mol. The molecule has 3 N–H and O–H groups in total. The van der Waals surface area contributed by atoms with Gasteiger partial charge in [-0.05, 0) is 19.3 Å². The monoisotopic (exact) mass is 214 g/mol. The lowest BCUT2D eigenvalue weighted by Crippen LogP contribution is -2.42. The highest BCUT2D eigenvalue weighted by Crippen LogP contribution is 2.29. The molecule has 0 spiro atoms. The Balaban J connectivity index is 2.12. The summed E-state index contributed by atoms with van der Waals surface area (Å²) >= 11 is 0. The van der Waals surface area contributed by atoms with Gasteiger partial charge in [0.15, 0.2) is 0 Å². The third kappa shape index (κ3) is 4.62. The van der Waals surface area contributed by atoms with Gasteiger partial charge in [0.05, 0.1) is 0 Å². The molecule has 15 heavy (non-hydrogen) atoms. The first-order valence-electron chi connectivity index (χ1n) is 5.71. The zero-order valence-electron chi connectivity index (χ0n) is 9.55. The number of carbonyl (C=O) groups is 1. The zero-order chi connectivity index (χ0) is 11.1. The number of rotatable bonds is 6. The van der Waals surface area contributed by atoms with Gasteiger partial charge in [-0.25, -0.2) is 0 Å². The molecule has 4 heteroatoms. The molecular weight excluding hydrogens is 192 g/mol. The number of nitrogens with one attached hydrogen (secondary N) is 1. The van der Waals surface area contributed by atoms with Crippen molar-refractivity contribution in [3.05, 3.63) is 0 Å². The van der Waals surface area contributed by atoms with Crippen LogP contribution in [0.5, 0.6) is 0 Å². The van der Waals surface area contributed by atoms with E-state index in [2.05, 4.69) is 5.32 Å². The topological polar surface area (TPSA) is 64.3 Å². The summed E-state index contributed by atoms with van der Waals surface area (Å²) in [6, 6.07) is 0. The minimum absolute atomic E-state index is 0.0792. The Morgan fingerprint density at radius 2 is 2.13 bits per heavy atom. The summed E-state index contributed by atoms with van der Waals surface area (Å²) in [5, 5.41) is 2.87. The van der Waals surface area contributed by atoms with Gasteiger partial charge < -0.3 is 15.8 Å². The first-order valence-corrected chi connectivity index (χ1v) is 5.71. The first-order chi connectivity index (χ1) is 7.16. The van der Waals surface area contributed by atoms with Crippen molar-refractivity contribution in [2.24, 2.45) is 5.73 Å². The smallest absolute Gasteiger partial charge is 0.221 e. The maximum absolute atomic E-state index is 11.5. The van der Waals surface area contributed by atoms with Gasteiger partial charge in [0, 0.05) is 32.2 Å². The van der Waals surface area contributed by atoms with Crippen molar-refractivity contribution in [3.63, 3.8) is 0 Å². The van der Waals surface area contributed by atoms with Crippen LogP contribution in [-0.2, 0) is 9.53 Å². The van der Waals surface area contributed by atoms with Crippen molar-refractivity contribution < 1.29 is 9.53 Å². The molecule has 1 aliphatic rings. The first kappa shape index (κ1) is 12.5. The Kier molecular flexibility index (Phi) is 5.05. The maximum Gasteiger partial charge on any atom is 0.221 e. The highest BCUT2D eigenvalue weighted by atomic mass is 16.5. The number of methoxy groups -OCH3 is 1. The predicted molar refractivity (Wildman–Crippen MR) is 59.5 cm³/mol. The van der Waals surface area contributed by atoms with Crippen molar-refractivity contribution >= 4 is 5.91 Å². The third-order valence-corrected chi connectivity index (χ3v) is 2.96. The summed E-state index contributed by atoms with van der Waals surface area (Å²) in [6.07, 6.45) is 5.62. The zero-order valence-corrected chi connectivity index (χ0v) is 9.55. The fourth-order valence-corrected chi connectivity index (χ4v) is 2.08. The molecule has 1 fully saturated rings. The van der Waals surface area contributed by atoms with Gasteiger partial charge in [-0.1, -0.05) is 12.8 Å². The molecule has 1 rings (SSSR count). The summed E-state index contributed by atoms with van der Waals surface area (Å²) < 4.78 is 4.90. The quantitative estimate of drug-likeness (QED) is 0.643. The van der Waals surface area contributed by atoms with Gasteiger partial charge in [0.2, 0.25) is 5.91 Å². The fourth-order valence-electron chi connectivity index (χ4n) is 2.08. The van der Waals surface area contributed by atoms with Crippen LogP contribution in [0, 0.1) is 0 Å². The fraction of sp³-hybridized carbons (Fsp3) is 0.909. The molecule has 0 bridgehead atoms. The van der Waals surface area contributed by atoms with Crippen molar-refractivity contribution in [2.75, 3.05) is 20.3 Å². The highest BCUT2D eigenvalue weighted by Gasteiger charge is 2.31. The van der Waals surface area contributed by atoms with E-state index in [1.54, 1.807) is 7.11 Å². The molecule has 0 radical (unpaired) electrons. The highest BCUT2D eigenvalue weighted by molar-refractivity contribution is 5.77. The van der Waals surface area contributed by atoms with Crippen molar-refractivity contribution in [3.8, 4) is 0 Å². The molecule has 0 aromatic heterocycles. The number of carbonyl (C=O) groups excluding carboxylic acids is 1. The Labute approximate surface area is 91.5 Å². The van der Waals surface area contributed by atoms with E-state index in [0.29, 0.717) is 19.6 Å². The summed E-state index contributed by atoms with van der Waals surface area (Å²) in [5.41, 5.74) is 5.87. The van der Waals surface area contributed by atoms with E-state index >= 15 is 0 Å². The summed E-state index contributed by atoms with van der Waals surface area (Å²) in [4.78, 5) is 11.5. The van der Waals surface area contributed by atoms with E-state index in [1.165, 1.54) is 0 Å². The molecule has 1 amide bonds. The van der Waals surface area contributed by atoms with Gasteiger partial charge >= 0.3 is 0 Å². The molecule has 0 heterocycles. The van der Waals surface area contributed by atoms with Crippen LogP contribution in [0.4, 0.5) is 0 Å². The number of nitrogens with two attached hydrogens (primary N) is 1. The van der Waals surface area contributed by atoms with Gasteiger partial charge in [0.1, 0.15) is 0 Å². The van der Waals surface area contributed by atoms with E-state index in [0.717, 1.165) is 32.1 Å². The molecule has 4 nitrogen and oxygen atoms in total. The number of hydrogen-bond acceptors (Lipinski definition) is 3. The lowest BCUT2D eigenvalue weighted by molar-refractivity contribution is -0.122. The third-order valence-electron chi connectivity index (χ3n) is 2.96. The number of amides is 1. The van der Waals surface area contributed by atoms with E-state index < -0.39 is 0 Å². The van der Waals surface area contributed by atoms with E-state index in [4.69, 9.17) is 10.5 Å². The van der Waals surface area contributed by atoms with Crippen molar-refractivity contribution in [1.82, 2.24) is 5.32 Å². The standard InChI is InChI=1S/C11H22N2O2/c1-15-8-4-7-13-10(14)9-11(12)5-2-3-6-11/h2-9,12H2,1H3,(H,13,14). The Bertz CT molecular complexity index is 201. The van der Waals surface area contributed by atoms with Gasteiger partial charge in [-0.2, -0.15) is 0 Å². The number of hydrogen-bond donors (Lipinski definition) is 2. The van der Waals surface area contributed by atoms with Crippen LogP contribution in [0.15, 0.2) is 0 Å². The van der Waals surface area contributed by atoms with Crippen LogP contribution in [-0.4, -0.2) is 31.7 Å². The summed E-state index contributed by atoms with van der Waals surface area (Å²) in [7, 11) is 1.66. The van der Waals surface area contributed by atoms with Crippen molar-refractivity contribution in [2.45, 2.75) is 44.1 Å². The molecular formula is C11H22N2O2. The molecule has 0 aromatic carbocycles. The van der Waals surface area contributed by atoms with Crippen LogP contribution in [0.3, 0.4) is 0 Å². The van der Waals surface area contributed by atoms with E-state index in [-0.39, 0.29) is 11.4 Å². The van der Waals surface area contributed by atoms with Crippen LogP contribution in [0.2, 0.25) is 0 Å². The van der Waals surface area contributed by atoms with Crippen LogP contribution in [0.25, 0.3) is 0 Å². The second-order valence-electron chi connectivity index (χ2n) is 4.44. The maximum atomic E-state index is 11.5. The summed E-state index contributed by atoms with van der Waals surface area (Å²) in [5.74, 6) is 0.0792. The minimum Gasteiger partial charge on any atom is -0.385 e. The minimum atomic E-state index is -0.231. The SMILES string of the molecule is COCCCNC(=O)CC1(N)CCCC1. The average Bonchev–Trinajstić information content (AvgIpc) is 2.59. The summed E-state index contributed by atoms with van der Waals surface area (Å²) in [6.45, 7) is 1.37. The molecule has 0 unspecified atom stereocenters. The van der Waals surface area contributed by atoms with E-state index in [1.807, 2.05) is 0 Å². The molecule has 0 atom stereocenters. The van der Waals surface area contributed by atoms with Gasteiger partial charge in [-0.3, -0.25) is 4.79 Å². The Morgan fingerprint density at radius 1 is 1.47 bits per heavy atom. The van der Waals surface area contributed by atoms with Crippen molar-refractivity contribution in [1.29, 1.82) is 0 Å². The molecule has 88 valence electrons. The second-order valence-corrected chi connectivity index (χ2v) is 4.44. The molecule has 0 aliphatic heterocycles. The largest absolute Gasteiger partial charge is 0.385 e.